The van der Waals surface area contributed by atoms with Gasteiger partial charge in [0.1, 0.15) is 5.75 Å². The molecule has 0 aliphatic rings. The van der Waals surface area contributed by atoms with Crippen molar-refractivity contribution in [2.45, 2.75) is 32.9 Å². The number of hydrogen-bond acceptors (Lipinski definition) is 2. The molecule has 2 aromatic carbocycles. The molecule has 0 saturated heterocycles. The molecule has 0 aliphatic heterocycles. The lowest BCUT2D eigenvalue weighted by Gasteiger charge is -2.24. The van der Waals surface area contributed by atoms with E-state index < -0.39 is 0 Å². The van der Waals surface area contributed by atoms with E-state index in [4.69, 9.17) is 4.74 Å². The molecule has 0 radical (unpaired) electrons. The summed E-state index contributed by atoms with van der Waals surface area (Å²) in [7, 11) is 1.68. The van der Waals surface area contributed by atoms with Gasteiger partial charge < -0.3 is 14.2 Å². The molecule has 0 spiro atoms. The van der Waals surface area contributed by atoms with Crippen LogP contribution >= 0.6 is 15.9 Å². The number of carbonyl (C=O) groups is 1. The van der Waals surface area contributed by atoms with Gasteiger partial charge in [-0.2, -0.15) is 0 Å². The summed E-state index contributed by atoms with van der Waals surface area (Å²) in [5, 5.41) is 0. The van der Waals surface area contributed by atoms with Crippen molar-refractivity contribution >= 4 is 21.8 Å². The van der Waals surface area contributed by atoms with Crippen LogP contribution in [-0.2, 0) is 13.1 Å². The highest BCUT2D eigenvalue weighted by Crippen LogP contribution is 2.18. The maximum absolute atomic E-state index is 13.1. The number of amides is 1. The molecule has 5 heteroatoms. The fourth-order valence-electron chi connectivity index (χ4n) is 3.29. The van der Waals surface area contributed by atoms with Crippen LogP contribution in [-0.4, -0.2) is 29.0 Å². The third kappa shape index (κ3) is 5.73. The molecule has 3 aromatic rings. The lowest BCUT2D eigenvalue weighted by Crippen LogP contribution is -2.32. The number of benzene rings is 2. The summed E-state index contributed by atoms with van der Waals surface area (Å²) >= 11 is 3.44. The van der Waals surface area contributed by atoms with E-state index in [1.807, 2.05) is 53.4 Å². The SMILES string of the molecule is CCCCN(Cc1cccn1Cc1cccc(OC)c1)C(=O)c1ccc(Br)cc1. The lowest BCUT2D eigenvalue weighted by atomic mass is 10.1. The second-order valence-electron chi connectivity index (χ2n) is 7.07. The van der Waals surface area contributed by atoms with Crippen molar-refractivity contribution in [3.8, 4) is 5.75 Å². The molecule has 3 rings (SSSR count). The van der Waals surface area contributed by atoms with E-state index in [0.717, 1.165) is 47.4 Å². The number of rotatable bonds is 9. The van der Waals surface area contributed by atoms with Gasteiger partial charge in [0.15, 0.2) is 0 Å². The van der Waals surface area contributed by atoms with Gasteiger partial charge in [-0.1, -0.05) is 41.4 Å². The Bertz CT molecular complexity index is 934. The number of unbranched alkanes of at least 4 members (excludes halogenated alkanes) is 1. The van der Waals surface area contributed by atoms with Gasteiger partial charge in [-0.3, -0.25) is 4.79 Å². The van der Waals surface area contributed by atoms with Crippen LogP contribution in [0.3, 0.4) is 0 Å². The first-order chi connectivity index (χ1) is 14.1. The van der Waals surface area contributed by atoms with Crippen molar-refractivity contribution in [1.29, 1.82) is 0 Å². The molecule has 4 nitrogen and oxygen atoms in total. The van der Waals surface area contributed by atoms with Crippen molar-refractivity contribution in [1.82, 2.24) is 9.47 Å². The summed E-state index contributed by atoms with van der Waals surface area (Å²) in [6, 6.07) is 19.8. The van der Waals surface area contributed by atoms with Crippen LogP contribution < -0.4 is 4.74 Å². The van der Waals surface area contributed by atoms with E-state index in [9.17, 15) is 4.79 Å². The van der Waals surface area contributed by atoms with Gasteiger partial charge in [0.25, 0.3) is 5.91 Å². The first kappa shape index (κ1) is 21.2. The number of halogens is 1. The van der Waals surface area contributed by atoms with Crippen LogP contribution in [0, 0.1) is 0 Å². The summed E-state index contributed by atoms with van der Waals surface area (Å²) in [5.41, 5.74) is 3.01. The highest BCUT2D eigenvalue weighted by Gasteiger charge is 2.17. The Balaban J connectivity index is 1.78. The van der Waals surface area contributed by atoms with E-state index in [-0.39, 0.29) is 5.91 Å². The molecule has 0 N–H and O–H groups in total. The largest absolute Gasteiger partial charge is 0.497 e. The maximum Gasteiger partial charge on any atom is 0.254 e. The van der Waals surface area contributed by atoms with Gasteiger partial charge >= 0.3 is 0 Å². The quantitative estimate of drug-likeness (QED) is 0.412. The Kier molecular flexibility index (Phi) is 7.53. The predicted octanol–water partition coefficient (Wildman–Crippen LogP) is 5.75. The molecule has 29 heavy (non-hydrogen) atoms. The van der Waals surface area contributed by atoms with Crippen molar-refractivity contribution in [3.63, 3.8) is 0 Å². The number of ether oxygens (including phenoxy) is 1. The Labute approximate surface area is 181 Å². The summed E-state index contributed by atoms with van der Waals surface area (Å²) < 4.78 is 8.51. The second-order valence-corrected chi connectivity index (χ2v) is 7.98. The zero-order chi connectivity index (χ0) is 20.6. The van der Waals surface area contributed by atoms with Crippen molar-refractivity contribution in [2.75, 3.05) is 13.7 Å². The second kappa shape index (κ2) is 10.3. The molecule has 1 aromatic heterocycles. The number of methoxy groups -OCH3 is 1. The average Bonchev–Trinajstić information content (AvgIpc) is 3.17. The van der Waals surface area contributed by atoms with Crippen LogP contribution in [0.2, 0.25) is 0 Å². The summed E-state index contributed by atoms with van der Waals surface area (Å²) in [6.45, 7) is 4.23. The van der Waals surface area contributed by atoms with Gasteiger partial charge in [0.05, 0.1) is 13.7 Å². The van der Waals surface area contributed by atoms with Crippen LogP contribution in [0.4, 0.5) is 0 Å². The third-order valence-corrected chi connectivity index (χ3v) is 5.45. The highest BCUT2D eigenvalue weighted by atomic mass is 79.9. The predicted molar refractivity (Wildman–Crippen MR) is 120 cm³/mol. The van der Waals surface area contributed by atoms with Gasteiger partial charge in [-0.25, -0.2) is 0 Å². The summed E-state index contributed by atoms with van der Waals surface area (Å²) in [4.78, 5) is 15.1. The lowest BCUT2D eigenvalue weighted by molar-refractivity contribution is 0.0737. The van der Waals surface area contributed by atoms with E-state index in [1.54, 1.807) is 7.11 Å². The maximum atomic E-state index is 13.1. The average molecular weight is 455 g/mol. The van der Waals surface area contributed by atoms with Crippen molar-refractivity contribution in [2.24, 2.45) is 0 Å². The molecular formula is C24H27BrN2O2. The molecular weight excluding hydrogens is 428 g/mol. The monoisotopic (exact) mass is 454 g/mol. The van der Waals surface area contributed by atoms with Gasteiger partial charge in [0.2, 0.25) is 0 Å². The highest BCUT2D eigenvalue weighted by molar-refractivity contribution is 9.10. The molecule has 0 unspecified atom stereocenters. The Morgan fingerprint density at radius 3 is 2.62 bits per heavy atom. The normalized spacial score (nSPS) is 10.7. The molecule has 1 heterocycles. The number of hydrogen-bond donors (Lipinski definition) is 0. The third-order valence-electron chi connectivity index (χ3n) is 4.92. The molecule has 1 amide bonds. The fraction of sp³-hybridized carbons (Fsp3) is 0.292. The standard InChI is InChI=1S/C24H27BrN2O2/c1-3-4-14-27(24(28)20-10-12-21(25)13-11-20)18-22-8-6-15-26(22)17-19-7-5-9-23(16-19)29-2/h5-13,15-16H,3-4,14,17-18H2,1-2H3. The van der Waals surface area contributed by atoms with Crippen molar-refractivity contribution in [3.05, 3.63) is 88.2 Å². The van der Waals surface area contributed by atoms with Crippen LogP contribution in [0.25, 0.3) is 0 Å². The zero-order valence-corrected chi connectivity index (χ0v) is 18.6. The van der Waals surface area contributed by atoms with E-state index in [1.165, 1.54) is 5.56 Å². The smallest absolute Gasteiger partial charge is 0.254 e. The van der Waals surface area contributed by atoms with E-state index >= 15 is 0 Å². The molecule has 0 bridgehead atoms. The first-order valence-corrected chi connectivity index (χ1v) is 10.7. The first-order valence-electron chi connectivity index (χ1n) is 9.92. The minimum Gasteiger partial charge on any atom is -0.497 e. The van der Waals surface area contributed by atoms with Crippen LogP contribution in [0.1, 0.15) is 41.4 Å². The van der Waals surface area contributed by atoms with E-state index in [2.05, 4.69) is 45.8 Å². The van der Waals surface area contributed by atoms with E-state index in [0.29, 0.717) is 6.54 Å². The molecule has 152 valence electrons. The molecule has 0 fully saturated rings. The van der Waals surface area contributed by atoms with Gasteiger partial charge in [-0.05, 0) is 60.5 Å². The van der Waals surface area contributed by atoms with Crippen LogP contribution in [0.5, 0.6) is 5.75 Å². The summed E-state index contributed by atoms with van der Waals surface area (Å²) in [5.74, 6) is 0.922. The molecule has 0 saturated carbocycles. The Morgan fingerprint density at radius 2 is 1.90 bits per heavy atom. The number of carbonyl (C=O) groups excluding carboxylic acids is 1. The van der Waals surface area contributed by atoms with Gasteiger partial charge in [-0.15, -0.1) is 0 Å². The summed E-state index contributed by atoms with van der Waals surface area (Å²) in [6.07, 6.45) is 4.10. The van der Waals surface area contributed by atoms with Crippen molar-refractivity contribution < 1.29 is 9.53 Å². The minimum atomic E-state index is 0.0695. The fourth-order valence-corrected chi connectivity index (χ4v) is 3.55. The number of nitrogens with zero attached hydrogens (tertiary/aromatic N) is 2. The topological polar surface area (TPSA) is 34.5 Å². The van der Waals surface area contributed by atoms with Crippen LogP contribution in [0.15, 0.2) is 71.3 Å². The molecule has 0 aliphatic carbocycles. The number of aromatic nitrogens is 1. The minimum absolute atomic E-state index is 0.0695. The zero-order valence-electron chi connectivity index (χ0n) is 17.0. The Hall–Kier alpha value is -2.53. The van der Waals surface area contributed by atoms with Gasteiger partial charge in [0, 0.05) is 35.0 Å². The Morgan fingerprint density at radius 1 is 1.10 bits per heavy atom. The molecule has 0 atom stereocenters.